The highest BCUT2D eigenvalue weighted by Gasteiger charge is 2.32. The van der Waals surface area contributed by atoms with Gasteiger partial charge in [-0.15, -0.1) is 0 Å². The zero-order chi connectivity index (χ0) is 15.9. The molecule has 0 aliphatic carbocycles. The predicted octanol–water partition coefficient (Wildman–Crippen LogP) is 0.635. The van der Waals surface area contributed by atoms with Gasteiger partial charge in [-0.3, -0.25) is 14.4 Å². The predicted molar refractivity (Wildman–Crippen MR) is 86.3 cm³/mol. The molecule has 6 N–H and O–H groups in total. The van der Waals surface area contributed by atoms with Gasteiger partial charge in [0.1, 0.15) is 12.1 Å². The molecule has 0 aliphatic rings. The van der Waals surface area contributed by atoms with E-state index in [0.29, 0.717) is 0 Å². The van der Waals surface area contributed by atoms with E-state index >= 15 is 0 Å². The maximum atomic E-state index is 11.9. The van der Waals surface area contributed by atoms with Crippen molar-refractivity contribution >= 4 is 71.2 Å². The van der Waals surface area contributed by atoms with Crippen molar-refractivity contribution in [1.82, 2.24) is 0 Å². The summed E-state index contributed by atoms with van der Waals surface area (Å²) < 4.78 is -0.280. The molecule has 20 heavy (non-hydrogen) atoms. The van der Waals surface area contributed by atoms with E-state index < -0.39 is 29.3 Å². The quantitative estimate of drug-likeness (QED) is 0.276. The maximum Gasteiger partial charge on any atom is 0.322 e. The van der Waals surface area contributed by atoms with Crippen molar-refractivity contribution in [2.24, 2.45) is 11.5 Å². The Kier molecular flexibility index (Phi) is 10.1. The number of aliphatic carboxylic acids is 2. The number of carboxylic acids is 2. The van der Waals surface area contributed by atoms with Gasteiger partial charge in [0.15, 0.2) is 5.78 Å². The van der Waals surface area contributed by atoms with Gasteiger partial charge in [0.2, 0.25) is 0 Å². The molecule has 0 amide bonds. The van der Waals surface area contributed by atoms with Crippen LogP contribution in [0.5, 0.6) is 0 Å². The molecule has 0 bridgehead atoms. The lowest BCUT2D eigenvalue weighted by Gasteiger charge is -2.19. The van der Waals surface area contributed by atoms with E-state index in [1.165, 1.54) is 0 Å². The number of alkyl halides is 2. The number of nitrogens with two attached hydrogens (primary N) is 2. The monoisotopic (exact) mass is 452 g/mol. The molecule has 7 nitrogen and oxygen atoms in total. The fourth-order valence-corrected chi connectivity index (χ4v) is 4.36. The Bertz CT molecular complexity index is 372. The molecule has 116 valence electrons. The Morgan fingerprint density at radius 1 is 1.10 bits per heavy atom. The molecule has 0 radical (unpaired) electrons. The summed E-state index contributed by atoms with van der Waals surface area (Å²) in [5, 5.41) is 16.5. The number of hydrogen-bond acceptors (Lipinski definition) is 7. The number of hydrogen-bond donors (Lipinski definition) is 4. The number of carbonyl (C=O) groups excluding carboxylic acids is 1. The summed E-state index contributed by atoms with van der Waals surface area (Å²) in [7, 11) is 1.95. The fraction of sp³-hybridized carbons (Fsp3) is 0.667. The number of carbonyl (C=O) groups is 3. The maximum absolute atomic E-state index is 11.9. The molecule has 11 heteroatoms. The summed E-state index contributed by atoms with van der Waals surface area (Å²) in [6.07, 6.45) is 0.0597. The van der Waals surface area contributed by atoms with E-state index in [-0.39, 0.29) is 21.7 Å². The Balaban J connectivity index is 4.58. The number of Topliss-reactive ketones (excluding diaryl/α,β-unsaturated/α-hetero) is 1. The Morgan fingerprint density at radius 3 is 2.05 bits per heavy atom. The summed E-state index contributed by atoms with van der Waals surface area (Å²) >= 11 is 6.27. The van der Waals surface area contributed by atoms with Crippen molar-refractivity contribution in [3.8, 4) is 0 Å². The highest BCUT2D eigenvalue weighted by molar-refractivity contribution is 9.24. The van der Waals surface area contributed by atoms with Crippen LogP contribution < -0.4 is 11.5 Å². The highest BCUT2D eigenvalue weighted by atomic mass is 79.9. The smallest absolute Gasteiger partial charge is 0.322 e. The summed E-state index contributed by atoms with van der Waals surface area (Å²) in [6, 6.07) is -2.44. The van der Waals surface area contributed by atoms with Crippen LogP contribution in [0.4, 0.5) is 0 Å². The van der Waals surface area contributed by atoms with Crippen LogP contribution in [0, 0.1) is 0 Å². The first-order valence-electron chi connectivity index (χ1n) is 5.22. The number of rotatable bonds is 10. The van der Waals surface area contributed by atoms with E-state index in [1.54, 1.807) is 0 Å². The second-order valence-electron chi connectivity index (χ2n) is 3.67. The summed E-state index contributed by atoms with van der Waals surface area (Å²) in [4.78, 5) is 33.4. The van der Waals surface area contributed by atoms with E-state index in [4.69, 9.17) is 21.7 Å². The van der Waals surface area contributed by atoms with Gasteiger partial charge in [0.25, 0.3) is 0 Å². The van der Waals surface area contributed by atoms with Gasteiger partial charge in [-0.1, -0.05) is 53.4 Å². The lowest BCUT2D eigenvalue weighted by molar-refractivity contribution is -0.140. The molecule has 0 aromatic heterocycles. The van der Waals surface area contributed by atoms with Crippen molar-refractivity contribution in [3.63, 3.8) is 0 Å². The third-order valence-electron chi connectivity index (χ3n) is 2.02. The molecule has 0 fully saturated rings. The topological polar surface area (TPSA) is 144 Å². The molecule has 0 aliphatic heterocycles. The minimum absolute atomic E-state index is 0.0438. The van der Waals surface area contributed by atoms with Crippen LogP contribution in [-0.2, 0) is 14.4 Å². The molecule has 1 unspecified atom stereocenters. The van der Waals surface area contributed by atoms with Crippen LogP contribution in [-0.4, -0.2) is 54.8 Å². The van der Waals surface area contributed by atoms with E-state index in [1.807, 2.05) is 0 Å². The molecule has 0 saturated heterocycles. The molecule has 3 atom stereocenters. The fourth-order valence-electron chi connectivity index (χ4n) is 0.969. The minimum atomic E-state index is -1.36. The van der Waals surface area contributed by atoms with Crippen LogP contribution in [0.3, 0.4) is 0 Å². The molecular formula is C9H14Br2N2O5S2. The molecule has 0 rings (SSSR count). The third-order valence-corrected chi connectivity index (χ3v) is 5.50. The molecule has 0 spiro atoms. The largest absolute Gasteiger partial charge is 0.480 e. The lowest BCUT2D eigenvalue weighted by Crippen LogP contribution is -2.44. The molecule has 0 heterocycles. The van der Waals surface area contributed by atoms with Crippen molar-refractivity contribution in [2.75, 3.05) is 5.75 Å². The second kappa shape index (κ2) is 10.0. The molecule has 0 aromatic rings. The summed E-state index contributed by atoms with van der Waals surface area (Å²) in [6.45, 7) is 0. The van der Waals surface area contributed by atoms with Gasteiger partial charge < -0.3 is 21.7 Å². The second-order valence-corrected chi connectivity index (χ2v) is 9.66. The van der Waals surface area contributed by atoms with Crippen molar-refractivity contribution in [2.45, 2.75) is 27.5 Å². The summed E-state index contributed by atoms with van der Waals surface area (Å²) in [5.74, 6) is -2.76. The van der Waals surface area contributed by atoms with Gasteiger partial charge in [0.05, 0.1) is 8.99 Å². The van der Waals surface area contributed by atoms with Crippen molar-refractivity contribution in [1.29, 1.82) is 0 Å². The summed E-state index contributed by atoms with van der Waals surface area (Å²) in [5.41, 5.74) is 10.8. The SMILES string of the molecule is N[C@H](C(=O)O)C(SSC[C@H](N)C(=O)O)C(=O)CC(Br)Br. The Hall–Kier alpha value is 0.190. The van der Waals surface area contributed by atoms with Gasteiger partial charge >= 0.3 is 11.9 Å². The van der Waals surface area contributed by atoms with Crippen LogP contribution >= 0.6 is 53.4 Å². The average Bonchev–Trinajstić information content (AvgIpc) is 2.32. The Labute approximate surface area is 140 Å². The van der Waals surface area contributed by atoms with E-state index in [0.717, 1.165) is 21.6 Å². The van der Waals surface area contributed by atoms with Gasteiger partial charge in [-0.2, -0.15) is 0 Å². The molecular weight excluding hydrogens is 440 g/mol. The number of ketones is 1. The highest BCUT2D eigenvalue weighted by Crippen LogP contribution is 2.31. The number of carboxylic acid groups (broad SMARTS) is 2. The van der Waals surface area contributed by atoms with Gasteiger partial charge in [-0.05, 0) is 0 Å². The van der Waals surface area contributed by atoms with E-state index in [2.05, 4.69) is 31.9 Å². The lowest BCUT2D eigenvalue weighted by atomic mass is 10.1. The minimum Gasteiger partial charge on any atom is -0.480 e. The molecule has 0 saturated carbocycles. The van der Waals surface area contributed by atoms with Crippen LogP contribution in [0.1, 0.15) is 6.42 Å². The van der Waals surface area contributed by atoms with Crippen molar-refractivity contribution in [3.05, 3.63) is 0 Å². The first kappa shape index (κ1) is 20.2. The average molecular weight is 454 g/mol. The first-order valence-corrected chi connectivity index (χ1v) is 9.44. The van der Waals surface area contributed by atoms with Gasteiger partial charge in [0, 0.05) is 12.2 Å². The van der Waals surface area contributed by atoms with Crippen molar-refractivity contribution < 1.29 is 24.6 Å². The third kappa shape index (κ3) is 7.84. The van der Waals surface area contributed by atoms with Crippen LogP contribution in [0.25, 0.3) is 0 Å². The number of halogens is 2. The van der Waals surface area contributed by atoms with Gasteiger partial charge in [-0.25, -0.2) is 0 Å². The zero-order valence-electron chi connectivity index (χ0n) is 10.1. The van der Waals surface area contributed by atoms with E-state index in [9.17, 15) is 14.4 Å². The standard InChI is InChI=1S/C9H14Br2N2O5S2/c10-5(11)1-4(14)7(6(13)9(17)18)20-19-2-3(12)8(15)16/h3,5-7H,1-2,12-13H2,(H,15,16)(H,17,18)/t3-,6-,7?/m0/s1. The first-order chi connectivity index (χ1) is 9.16. The van der Waals surface area contributed by atoms with Crippen LogP contribution in [0.2, 0.25) is 0 Å². The Morgan fingerprint density at radius 2 is 1.65 bits per heavy atom. The van der Waals surface area contributed by atoms with Crippen LogP contribution in [0.15, 0.2) is 0 Å². The molecule has 0 aromatic carbocycles. The normalized spacial score (nSPS) is 15.7. The zero-order valence-corrected chi connectivity index (χ0v) is 14.9.